The first-order valence-corrected chi connectivity index (χ1v) is 11.7. The van der Waals surface area contributed by atoms with Gasteiger partial charge in [-0.05, 0) is 28.9 Å². The molecule has 3 unspecified atom stereocenters. The highest BCUT2D eigenvalue weighted by molar-refractivity contribution is 9.10. The van der Waals surface area contributed by atoms with E-state index >= 15 is 0 Å². The lowest BCUT2D eigenvalue weighted by molar-refractivity contribution is -0.0712. The van der Waals surface area contributed by atoms with Gasteiger partial charge in [0.05, 0.1) is 24.4 Å². The molecule has 3 heterocycles. The van der Waals surface area contributed by atoms with Crippen molar-refractivity contribution in [3.63, 3.8) is 0 Å². The summed E-state index contributed by atoms with van der Waals surface area (Å²) in [5, 5.41) is 4.05. The van der Waals surface area contributed by atoms with Gasteiger partial charge in [-0.3, -0.25) is 9.82 Å². The van der Waals surface area contributed by atoms with E-state index in [0.717, 1.165) is 9.37 Å². The van der Waals surface area contributed by atoms with Crippen LogP contribution < -0.4 is 17.1 Å². The lowest BCUT2D eigenvalue weighted by atomic mass is 10.1. The molecule has 4 atom stereocenters. The highest BCUT2D eigenvalue weighted by atomic mass is 79.9. The van der Waals surface area contributed by atoms with Crippen LogP contribution in [0.5, 0.6) is 0 Å². The van der Waals surface area contributed by atoms with Crippen LogP contribution in [0.3, 0.4) is 0 Å². The second kappa shape index (κ2) is 11.4. The monoisotopic (exact) mass is 516 g/mol. The van der Waals surface area contributed by atoms with E-state index in [4.69, 9.17) is 25.9 Å². The Morgan fingerprint density at radius 1 is 1.50 bits per heavy atom. The molecule has 0 aliphatic carbocycles. The molecule has 30 heavy (non-hydrogen) atoms. The Labute approximate surface area is 192 Å². The zero-order valence-corrected chi connectivity index (χ0v) is 19.8. The number of methoxy groups -OCH3 is 1. The third-order valence-corrected chi connectivity index (χ3v) is 6.66. The molecule has 1 aliphatic rings. The molecular formula is C18H25BrN6O3S2. The lowest BCUT2D eigenvalue weighted by Gasteiger charge is -2.36. The molecule has 164 valence electrons. The van der Waals surface area contributed by atoms with E-state index in [1.807, 2.05) is 18.4 Å². The van der Waals surface area contributed by atoms with Gasteiger partial charge in [0.2, 0.25) is 0 Å². The topological polar surface area (TPSA) is 121 Å². The number of rotatable bonds is 6. The van der Waals surface area contributed by atoms with Crippen LogP contribution in [0.15, 0.2) is 45.6 Å². The number of thiazole rings is 1. The zero-order chi connectivity index (χ0) is 21.5. The van der Waals surface area contributed by atoms with Crippen molar-refractivity contribution in [2.75, 3.05) is 20.3 Å². The number of nitrogens with one attached hydrogen (secondary N) is 1. The number of thioether (sulfide) groups is 1. The number of nitrogens with two attached hydrogens (primary N) is 2. The van der Waals surface area contributed by atoms with Crippen molar-refractivity contribution in [3.8, 4) is 0 Å². The number of aromatic nitrogens is 2. The van der Waals surface area contributed by atoms with Crippen LogP contribution in [0, 0.1) is 0 Å². The number of hydroxylamine groups is 1. The minimum absolute atomic E-state index is 0.110. The van der Waals surface area contributed by atoms with Gasteiger partial charge in [-0.2, -0.15) is 5.48 Å². The summed E-state index contributed by atoms with van der Waals surface area (Å²) in [5.74, 6) is 6.39. The Kier molecular flexibility index (Phi) is 8.89. The molecule has 12 heteroatoms. The molecule has 2 aromatic rings. The van der Waals surface area contributed by atoms with Crippen LogP contribution in [0.1, 0.15) is 11.9 Å². The van der Waals surface area contributed by atoms with Crippen molar-refractivity contribution in [1.82, 2.24) is 20.5 Å². The van der Waals surface area contributed by atoms with Crippen LogP contribution in [0.2, 0.25) is 0 Å². The van der Waals surface area contributed by atoms with Gasteiger partial charge >= 0.3 is 0 Å². The average Bonchev–Trinajstić information content (AvgIpc) is 3.26. The second-order valence-electron chi connectivity index (χ2n) is 6.57. The average molecular weight is 517 g/mol. The summed E-state index contributed by atoms with van der Waals surface area (Å²) in [6, 6.07) is 1.60. The van der Waals surface area contributed by atoms with E-state index in [1.54, 1.807) is 31.9 Å². The predicted octanol–water partition coefficient (Wildman–Crippen LogP) is 2.18. The van der Waals surface area contributed by atoms with E-state index in [1.165, 1.54) is 28.1 Å². The van der Waals surface area contributed by atoms with Gasteiger partial charge in [-0.25, -0.2) is 10.8 Å². The number of halogens is 1. The molecule has 2 aromatic heterocycles. The minimum atomic E-state index is -0.429. The molecular weight excluding hydrogens is 492 g/mol. The van der Waals surface area contributed by atoms with Crippen LogP contribution in [-0.4, -0.2) is 58.9 Å². The number of hydrogen-bond acceptors (Lipinski definition) is 11. The van der Waals surface area contributed by atoms with Crippen molar-refractivity contribution in [1.29, 1.82) is 0 Å². The van der Waals surface area contributed by atoms with E-state index in [-0.39, 0.29) is 24.2 Å². The van der Waals surface area contributed by atoms with Gasteiger partial charge in [0.25, 0.3) is 0 Å². The van der Waals surface area contributed by atoms with Gasteiger partial charge in [-0.1, -0.05) is 11.8 Å². The van der Waals surface area contributed by atoms with Gasteiger partial charge < -0.3 is 20.2 Å². The molecule has 0 amide bonds. The third-order valence-electron chi connectivity index (χ3n) is 4.30. The minimum Gasteiger partial charge on any atom is -0.395 e. The van der Waals surface area contributed by atoms with Crippen LogP contribution >= 0.6 is 39.0 Å². The number of pyridine rings is 1. The van der Waals surface area contributed by atoms with Crippen molar-refractivity contribution in [2.24, 2.45) is 11.6 Å². The summed E-state index contributed by atoms with van der Waals surface area (Å²) >= 11 is 6.42. The fraction of sp³-hybridized carbons (Fsp3) is 0.444. The molecule has 0 aromatic carbocycles. The Bertz CT molecular complexity index is 828. The first-order valence-electron chi connectivity index (χ1n) is 9.18. The SMILES string of the molecule is COC1C(Sc2cncc(Br)c2)OC(C)CNOC[C@H]1N(N)/C=C(\N)c1nccs1. The predicted molar refractivity (Wildman–Crippen MR) is 121 cm³/mol. The molecule has 0 saturated carbocycles. The van der Waals surface area contributed by atoms with Crippen molar-refractivity contribution < 1.29 is 14.3 Å². The van der Waals surface area contributed by atoms with Crippen LogP contribution in [-0.2, 0) is 14.3 Å². The number of hydrazine groups is 1. The Hall–Kier alpha value is -1.25. The van der Waals surface area contributed by atoms with Crippen molar-refractivity contribution in [3.05, 3.63) is 45.7 Å². The molecule has 3 rings (SSSR count). The fourth-order valence-electron chi connectivity index (χ4n) is 2.84. The van der Waals surface area contributed by atoms with E-state index in [2.05, 4.69) is 31.4 Å². The van der Waals surface area contributed by atoms with Gasteiger partial charge in [0, 0.05) is 53.2 Å². The maximum Gasteiger partial charge on any atom is 0.140 e. The van der Waals surface area contributed by atoms with E-state index in [9.17, 15) is 0 Å². The highest BCUT2D eigenvalue weighted by Crippen LogP contribution is 2.32. The van der Waals surface area contributed by atoms with Gasteiger partial charge in [0.15, 0.2) is 0 Å². The lowest BCUT2D eigenvalue weighted by Crippen LogP contribution is -2.53. The maximum atomic E-state index is 6.39. The number of ether oxygens (including phenoxy) is 2. The summed E-state index contributed by atoms with van der Waals surface area (Å²) in [6.07, 6.45) is 6.32. The Morgan fingerprint density at radius 2 is 2.33 bits per heavy atom. The second-order valence-corrected chi connectivity index (χ2v) is 9.55. The van der Waals surface area contributed by atoms with E-state index < -0.39 is 6.10 Å². The quantitative estimate of drug-likeness (QED) is 0.388. The Morgan fingerprint density at radius 3 is 3.03 bits per heavy atom. The standard InChI is InChI=1S/C18H25BrN6O3S2/c1-11-6-24-27-10-15(25(21)9-14(20)17-23-3-4-29-17)16(26-2)18(28-11)30-13-5-12(19)7-22-8-13/h3-5,7-9,11,15-16,18,24H,6,10,20-21H2,1-2H3/b14-9-/t11?,15-,16?,18?/m1/s1. The van der Waals surface area contributed by atoms with Crippen molar-refractivity contribution >= 4 is 44.7 Å². The number of nitrogens with zero attached hydrogens (tertiary/aromatic N) is 3. The van der Waals surface area contributed by atoms with Crippen molar-refractivity contribution in [2.45, 2.75) is 35.5 Å². The van der Waals surface area contributed by atoms with Crippen LogP contribution in [0.4, 0.5) is 0 Å². The van der Waals surface area contributed by atoms with Crippen LogP contribution in [0.25, 0.3) is 5.70 Å². The maximum absolute atomic E-state index is 6.39. The van der Waals surface area contributed by atoms with E-state index in [0.29, 0.717) is 17.2 Å². The molecule has 1 saturated heterocycles. The summed E-state index contributed by atoms with van der Waals surface area (Å²) in [7, 11) is 1.63. The third kappa shape index (κ3) is 6.37. The largest absolute Gasteiger partial charge is 0.395 e. The summed E-state index contributed by atoms with van der Waals surface area (Å²) < 4.78 is 13.0. The summed E-state index contributed by atoms with van der Waals surface area (Å²) in [6.45, 7) is 2.76. The highest BCUT2D eigenvalue weighted by Gasteiger charge is 2.36. The number of hydrogen-bond donors (Lipinski definition) is 3. The molecule has 0 bridgehead atoms. The summed E-state index contributed by atoms with van der Waals surface area (Å²) in [4.78, 5) is 15.0. The smallest absolute Gasteiger partial charge is 0.140 e. The molecule has 1 aliphatic heterocycles. The fourth-order valence-corrected chi connectivity index (χ4v) is 5.17. The molecule has 0 spiro atoms. The molecule has 5 N–H and O–H groups in total. The molecule has 9 nitrogen and oxygen atoms in total. The molecule has 0 radical (unpaired) electrons. The summed E-state index contributed by atoms with van der Waals surface area (Å²) in [5.41, 5.74) is 9.20. The molecule has 1 fully saturated rings. The Balaban J connectivity index is 1.86. The first kappa shape index (κ1) is 23.4. The van der Waals surface area contributed by atoms with Gasteiger partial charge in [-0.15, -0.1) is 11.3 Å². The normalized spacial score (nSPS) is 25.9. The first-order chi connectivity index (χ1) is 14.5. The van der Waals surface area contributed by atoms with Gasteiger partial charge in [0.1, 0.15) is 16.5 Å². The zero-order valence-electron chi connectivity index (χ0n) is 16.6.